The van der Waals surface area contributed by atoms with E-state index in [1.54, 1.807) is 33.9 Å². The third kappa shape index (κ3) is 6.22. The summed E-state index contributed by atoms with van der Waals surface area (Å²) in [5, 5.41) is 10.1. The largest absolute Gasteiger partial charge is 0.507 e. The standard InChI is InChI=1S/C16H12O2S2.ClHO4/c1-18-12-7-8-13(14(17)9-12)16-10-15(19-20-16)11-5-3-2-4-6-11;2-1(3,4)5/h2-10H,1H3;(H,2,3,4,5). The molecule has 0 radical (unpaired) electrons. The lowest BCUT2D eigenvalue weighted by molar-refractivity contribution is -2.00. The third-order valence-corrected chi connectivity index (χ3v) is 5.47. The van der Waals surface area contributed by atoms with Crippen molar-refractivity contribution in [2.24, 2.45) is 0 Å². The second-order valence-corrected chi connectivity index (χ2v) is 7.64. The van der Waals surface area contributed by atoms with Crippen LogP contribution in [0.5, 0.6) is 11.5 Å². The number of aromatic hydroxyl groups is 1. The van der Waals surface area contributed by atoms with Crippen LogP contribution in [0.25, 0.3) is 20.9 Å². The van der Waals surface area contributed by atoms with E-state index in [2.05, 4.69) is 18.2 Å². The molecule has 6 nitrogen and oxygen atoms in total. The van der Waals surface area contributed by atoms with E-state index in [1.807, 2.05) is 30.3 Å². The third-order valence-electron chi connectivity index (χ3n) is 3.01. The van der Waals surface area contributed by atoms with Crippen molar-refractivity contribution in [3.8, 4) is 32.4 Å². The predicted octanol–water partition coefficient (Wildman–Crippen LogP) is 0.383. The van der Waals surface area contributed by atoms with Crippen molar-refractivity contribution >= 4 is 20.7 Å². The maximum atomic E-state index is 10.1. The molecule has 132 valence electrons. The Morgan fingerprint density at radius 2 is 1.64 bits per heavy atom. The summed E-state index contributed by atoms with van der Waals surface area (Å²) in [6.45, 7) is 0. The second kappa shape index (κ2) is 8.54. The van der Waals surface area contributed by atoms with Gasteiger partial charge in [0.25, 0.3) is 4.88 Å². The minimum absolute atomic E-state index is 0.248. The van der Waals surface area contributed by atoms with Gasteiger partial charge in [0.1, 0.15) is 16.4 Å². The Morgan fingerprint density at radius 1 is 1.00 bits per heavy atom. The van der Waals surface area contributed by atoms with E-state index in [0.717, 1.165) is 10.4 Å². The summed E-state index contributed by atoms with van der Waals surface area (Å²) in [4.78, 5) is 2.27. The van der Waals surface area contributed by atoms with E-state index >= 15 is 0 Å². The van der Waals surface area contributed by atoms with Crippen LogP contribution in [-0.4, -0.2) is 12.2 Å². The van der Waals surface area contributed by atoms with E-state index < -0.39 is 10.2 Å². The van der Waals surface area contributed by atoms with Crippen LogP contribution < -0.4 is 23.4 Å². The van der Waals surface area contributed by atoms with Gasteiger partial charge in [-0.15, -0.1) is 10.2 Å². The van der Waals surface area contributed by atoms with Crippen molar-refractivity contribution < 1.29 is 38.7 Å². The fourth-order valence-corrected chi connectivity index (χ4v) is 4.43. The number of hydrogen-bond acceptors (Lipinski definition) is 7. The summed E-state index contributed by atoms with van der Waals surface area (Å²) >= 11 is 0. The van der Waals surface area contributed by atoms with Crippen LogP contribution in [0.4, 0.5) is 0 Å². The first-order valence-electron chi connectivity index (χ1n) is 6.75. The quantitative estimate of drug-likeness (QED) is 0.501. The average Bonchev–Trinajstić information content (AvgIpc) is 3.03. The Hall–Kier alpha value is -1.78. The predicted molar refractivity (Wildman–Crippen MR) is 85.7 cm³/mol. The summed E-state index contributed by atoms with van der Waals surface area (Å²) in [6.07, 6.45) is 0. The smallest absolute Gasteiger partial charge is 0.301 e. The molecule has 0 saturated carbocycles. The molecule has 0 atom stereocenters. The van der Waals surface area contributed by atoms with Gasteiger partial charge in [0, 0.05) is 23.3 Å². The van der Waals surface area contributed by atoms with Gasteiger partial charge in [-0.2, -0.15) is 0 Å². The van der Waals surface area contributed by atoms with E-state index in [1.165, 1.54) is 10.4 Å². The lowest BCUT2D eigenvalue weighted by atomic mass is 10.1. The van der Waals surface area contributed by atoms with Crippen molar-refractivity contribution in [3.05, 3.63) is 54.6 Å². The van der Waals surface area contributed by atoms with Gasteiger partial charge >= 0.3 is 10.3 Å². The molecule has 0 spiro atoms. The fourth-order valence-electron chi connectivity index (χ4n) is 1.96. The number of benzene rings is 2. The molecule has 9 heteroatoms. The first kappa shape index (κ1) is 19.5. The van der Waals surface area contributed by atoms with Crippen LogP contribution in [-0.2, 0) is 0 Å². The number of methoxy groups -OCH3 is 1. The van der Waals surface area contributed by atoms with Gasteiger partial charge < -0.3 is 9.84 Å². The van der Waals surface area contributed by atoms with E-state index in [0.29, 0.717) is 5.75 Å². The number of halogens is 1. The molecule has 1 heterocycles. The summed E-state index contributed by atoms with van der Waals surface area (Å²) < 4.78 is 39.1. The van der Waals surface area contributed by atoms with Crippen molar-refractivity contribution in [2.75, 3.05) is 7.11 Å². The van der Waals surface area contributed by atoms with Gasteiger partial charge in [-0.3, -0.25) is 0 Å². The summed E-state index contributed by atoms with van der Waals surface area (Å²) in [5.41, 5.74) is 2.04. The maximum absolute atomic E-state index is 10.1. The zero-order chi connectivity index (χ0) is 18.4. The lowest BCUT2D eigenvalue weighted by Crippen LogP contribution is -2.68. The number of hydrogen-bond donors (Lipinski definition) is 1. The highest BCUT2D eigenvalue weighted by molar-refractivity contribution is 7.72. The molecular formula is C16H13ClO6S2. The molecule has 0 aliphatic heterocycles. The van der Waals surface area contributed by atoms with Crippen LogP contribution >= 0.6 is 20.7 Å². The topological polar surface area (TPSA) is 122 Å². The highest BCUT2D eigenvalue weighted by Gasteiger charge is 2.18. The molecule has 3 rings (SSSR count). The van der Waals surface area contributed by atoms with Gasteiger partial charge in [-0.25, -0.2) is 18.6 Å². The molecule has 0 unspecified atom stereocenters. The van der Waals surface area contributed by atoms with Crippen molar-refractivity contribution in [2.45, 2.75) is 0 Å². The molecule has 0 amide bonds. The van der Waals surface area contributed by atoms with E-state index in [9.17, 15) is 5.11 Å². The zero-order valence-electron chi connectivity index (χ0n) is 12.9. The van der Waals surface area contributed by atoms with Gasteiger partial charge in [0.2, 0.25) is 0 Å². The molecule has 1 N–H and O–H groups in total. The molecule has 2 aromatic carbocycles. The van der Waals surface area contributed by atoms with Crippen molar-refractivity contribution in [1.82, 2.24) is 0 Å². The van der Waals surface area contributed by atoms with E-state index in [4.69, 9.17) is 23.4 Å². The van der Waals surface area contributed by atoms with Crippen LogP contribution in [0.3, 0.4) is 0 Å². The highest BCUT2D eigenvalue weighted by atomic mass is 35.7. The van der Waals surface area contributed by atoms with Gasteiger partial charge in [-0.1, -0.05) is 18.2 Å². The van der Waals surface area contributed by atoms with Gasteiger partial charge in [0.05, 0.1) is 7.11 Å². The molecule has 3 aromatic rings. The minimum atomic E-state index is -4.94. The molecule has 0 aliphatic carbocycles. The Bertz CT molecular complexity index is 811. The van der Waals surface area contributed by atoms with Crippen LogP contribution in [0.2, 0.25) is 0 Å². The van der Waals surface area contributed by atoms with Gasteiger partial charge in [-0.05, 0) is 24.3 Å². The number of ether oxygens (including phenoxy) is 1. The number of phenols is 1. The summed E-state index contributed by atoms with van der Waals surface area (Å²) in [7, 11) is 0.0294. The zero-order valence-corrected chi connectivity index (χ0v) is 15.3. The monoisotopic (exact) mass is 400 g/mol. The van der Waals surface area contributed by atoms with Crippen LogP contribution in [0, 0.1) is 10.2 Å². The molecule has 0 saturated heterocycles. The fraction of sp³-hybridized carbons (Fsp3) is 0.0625. The van der Waals surface area contributed by atoms with Gasteiger partial charge in [0.15, 0.2) is 10.3 Å². The van der Waals surface area contributed by atoms with E-state index in [-0.39, 0.29) is 5.75 Å². The second-order valence-electron chi connectivity index (χ2n) is 4.67. The molecular weight excluding hydrogens is 388 g/mol. The summed E-state index contributed by atoms with van der Waals surface area (Å²) in [5.74, 6) is 0.910. The molecule has 25 heavy (non-hydrogen) atoms. The maximum Gasteiger partial charge on any atom is 0.301 e. The Morgan fingerprint density at radius 3 is 2.20 bits per heavy atom. The molecule has 0 bridgehead atoms. The number of phenolic OH excluding ortho intramolecular Hbond substituents is 1. The highest BCUT2D eigenvalue weighted by Crippen LogP contribution is 2.41. The van der Waals surface area contributed by atoms with Crippen LogP contribution in [0.15, 0.2) is 54.6 Å². The minimum Gasteiger partial charge on any atom is -0.507 e. The Balaban J connectivity index is 0.000000399. The van der Waals surface area contributed by atoms with Crippen molar-refractivity contribution in [3.63, 3.8) is 0 Å². The lowest BCUT2D eigenvalue weighted by Gasteiger charge is -2.17. The summed E-state index contributed by atoms with van der Waals surface area (Å²) in [6, 6.07) is 17.8. The number of rotatable bonds is 3. The Kier molecular flexibility index (Phi) is 6.68. The normalized spacial score (nSPS) is 10.8. The Labute approximate surface area is 153 Å². The molecule has 0 aliphatic rings. The molecule has 1 aromatic heterocycles. The van der Waals surface area contributed by atoms with Crippen molar-refractivity contribution in [1.29, 1.82) is 0 Å². The first-order valence-corrected chi connectivity index (χ1v) is 10.1. The van der Waals surface area contributed by atoms with Crippen LogP contribution in [0.1, 0.15) is 0 Å². The molecule has 0 fully saturated rings. The SMILES string of the molecule is COc1ccc(-c2cc(-c3ccccc3)[s+]s2)c(O)c1.[O-][Cl+3]([O-])([O-])[O-]. The first-order chi connectivity index (χ1) is 11.8. The average molecular weight is 401 g/mol.